The van der Waals surface area contributed by atoms with Gasteiger partial charge in [-0.2, -0.15) is 0 Å². The number of nitrogens with two attached hydrogens (primary N) is 1. The van der Waals surface area contributed by atoms with Crippen LogP contribution in [0.25, 0.3) is 0 Å². The highest BCUT2D eigenvalue weighted by atomic mass is 15.2. The van der Waals surface area contributed by atoms with Crippen LogP contribution in [0.4, 0.5) is 11.6 Å². The molecule has 0 spiro atoms. The molecule has 2 N–H and O–H groups in total. The Morgan fingerprint density at radius 1 is 1.29 bits per heavy atom. The Hall–Kier alpha value is -1.32. The standard InChI is InChI=1S/C13H22N4/c1-4-11-15-12(14)9(3)13(16-11)17(5-2)8-10-6-7-10/h10H,4-8H2,1-3H3,(H2,14,15,16). The van der Waals surface area contributed by atoms with Crippen molar-refractivity contribution in [3.8, 4) is 0 Å². The van der Waals surface area contributed by atoms with E-state index in [4.69, 9.17) is 5.73 Å². The van der Waals surface area contributed by atoms with E-state index >= 15 is 0 Å². The molecular weight excluding hydrogens is 212 g/mol. The van der Waals surface area contributed by atoms with Crippen LogP contribution in [0.1, 0.15) is 38.1 Å². The summed E-state index contributed by atoms with van der Waals surface area (Å²) in [6.45, 7) is 8.34. The molecule has 1 saturated carbocycles. The number of anilines is 2. The SMILES string of the molecule is CCc1nc(N)c(C)c(N(CC)CC2CC2)n1. The Morgan fingerprint density at radius 3 is 2.53 bits per heavy atom. The van der Waals surface area contributed by atoms with Crippen molar-refractivity contribution in [1.82, 2.24) is 9.97 Å². The molecule has 1 heterocycles. The Balaban J connectivity index is 2.29. The molecule has 1 aromatic rings. The Kier molecular flexibility index (Phi) is 3.50. The predicted octanol–water partition coefficient (Wildman–Crippen LogP) is 2.17. The first-order chi connectivity index (χ1) is 8.15. The molecule has 0 aromatic carbocycles. The van der Waals surface area contributed by atoms with E-state index in [1.54, 1.807) is 0 Å². The summed E-state index contributed by atoms with van der Waals surface area (Å²) in [5, 5.41) is 0. The summed E-state index contributed by atoms with van der Waals surface area (Å²) in [5.74, 6) is 3.36. The van der Waals surface area contributed by atoms with Gasteiger partial charge in [-0.05, 0) is 32.6 Å². The highest BCUT2D eigenvalue weighted by molar-refractivity contribution is 5.56. The fraction of sp³-hybridized carbons (Fsp3) is 0.692. The molecule has 0 atom stereocenters. The molecule has 0 unspecified atom stereocenters. The third-order valence-corrected chi connectivity index (χ3v) is 3.38. The molecule has 1 fully saturated rings. The minimum absolute atomic E-state index is 0.626. The number of hydrogen-bond acceptors (Lipinski definition) is 4. The van der Waals surface area contributed by atoms with Gasteiger partial charge >= 0.3 is 0 Å². The van der Waals surface area contributed by atoms with Crippen LogP contribution in [-0.4, -0.2) is 23.1 Å². The van der Waals surface area contributed by atoms with Crippen molar-refractivity contribution < 1.29 is 0 Å². The van der Waals surface area contributed by atoms with Gasteiger partial charge in [-0.15, -0.1) is 0 Å². The van der Waals surface area contributed by atoms with Crippen LogP contribution in [0.15, 0.2) is 0 Å². The summed E-state index contributed by atoms with van der Waals surface area (Å²) >= 11 is 0. The summed E-state index contributed by atoms with van der Waals surface area (Å²) < 4.78 is 0. The second-order valence-electron chi connectivity index (χ2n) is 4.81. The molecule has 0 radical (unpaired) electrons. The van der Waals surface area contributed by atoms with Crippen LogP contribution in [0.2, 0.25) is 0 Å². The van der Waals surface area contributed by atoms with Crippen molar-refractivity contribution in [3.05, 3.63) is 11.4 Å². The molecule has 1 aliphatic rings. The lowest BCUT2D eigenvalue weighted by Gasteiger charge is -2.24. The zero-order valence-corrected chi connectivity index (χ0v) is 11.0. The van der Waals surface area contributed by atoms with E-state index in [9.17, 15) is 0 Å². The molecular formula is C13H22N4. The monoisotopic (exact) mass is 234 g/mol. The Bertz CT molecular complexity index is 399. The van der Waals surface area contributed by atoms with Crippen molar-refractivity contribution >= 4 is 11.6 Å². The van der Waals surface area contributed by atoms with E-state index in [1.807, 2.05) is 6.92 Å². The number of nitrogens with zero attached hydrogens (tertiary/aromatic N) is 3. The molecule has 1 aromatic heterocycles. The third-order valence-electron chi connectivity index (χ3n) is 3.38. The predicted molar refractivity (Wildman–Crippen MR) is 71.2 cm³/mol. The normalized spacial score (nSPS) is 15.0. The second-order valence-corrected chi connectivity index (χ2v) is 4.81. The summed E-state index contributed by atoms with van der Waals surface area (Å²) in [4.78, 5) is 11.3. The number of aryl methyl sites for hydroxylation is 1. The molecule has 4 nitrogen and oxygen atoms in total. The maximum atomic E-state index is 5.96. The largest absolute Gasteiger partial charge is 0.383 e. The van der Waals surface area contributed by atoms with Gasteiger partial charge < -0.3 is 10.6 Å². The zero-order chi connectivity index (χ0) is 12.4. The van der Waals surface area contributed by atoms with Gasteiger partial charge in [0, 0.05) is 25.1 Å². The summed E-state index contributed by atoms with van der Waals surface area (Å²) in [6, 6.07) is 0. The molecule has 0 saturated heterocycles. The average Bonchev–Trinajstić information content (AvgIpc) is 3.13. The zero-order valence-electron chi connectivity index (χ0n) is 11.0. The molecule has 0 aliphatic heterocycles. The van der Waals surface area contributed by atoms with Crippen LogP contribution in [-0.2, 0) is 6.42 Å². The van der Waals surface area contributed by atoms with Crippen molar-refractivity contribution in [2.45, 2.75) is 40.0 Å². The third kappa shape index (κ3) is 2.68. The van der Waals surface area contributed by atoms with Crippen molar-refractivity contribution in [3.63, 3.8) is 0 Å². The van der Waals surface area contributed by atoms with Gasteiger partial charge in [-0.1, -0.05) is 6.92 Å². The van der Waals surface area contributed by atoms with Gasteiger partial charge in [0.15, 0.2) is 0 Å². The van der Waals surface area contributed by atoms with E-state index < -0.39 is 0 Å². The van der Waals surface area contributed by atoms with E-state index in [0.717, 1.165) is 42.6 Å². The first-order valence-electron chi connectivity index (χ1n) is 6.53. The first kappa shape index (κ1) is 12.1. The minimum atomic E-state index is 0.626. The summed E-state index contributed by atoms with van der Waals surface area (Å²) in [5.41, 5.74) is 6.98. The second kappa shape index (κ2) is 4.90. The number of nitrogen functional groups attached to an aromatic ring is 1. The van der Waals surface area contributed by atoms with E-state index in [-0.39, 0.29) is 0 Å². The fourth-order valence-corrected chi connectivity index (χ4v) is 2.01. The van der Waals surface area contributed by atoms with E-state index in [0.29, 0.717) is 5.82 Å². The lowest BCUT2D eigenvalue weighted by Crippen LogP contribution is -2.28. The molecule has 0 amide bonds. The van der Waals surface area contributed by atoms with Gasteiger partial charge in [0.25, 0.3) is 0 Å². The molecule has 94 valence electrons. The lowest BCUT2D eigenvalue weighted by molar-refractivity contribution is 0.723. The highest BCUT2D eigenvalue weighted by Crippen LogP contribution is 2.32. The van der Waals surface area contributed by atoms with Gasteiger partial charge in [-0.25, -0.2) is 9.97 Å². The van der Waals surface area contributed by atoms with E-state index in [1.165, 1.54) is 12.8 Å². The van der Waals surface area contributed by atoms with Crippen LogP contribution in [0, 0.1) is 12.8 Å². The first-order valence-corrected chi connectivity index (χ1v) is 6.53. The highest BCUT2D eigenvalue weighted by Gasteiger charge is 2.25. The molecule has 0 bridgehead atoms. The number of rotatable bonds is 5. The summed E-state index contributed by atoms with van der Waals surface area (Å²) in [7, 11) is 0. The molecule has 1 aliphatic carbocycles. The van der Waals surface area contributed by atoms with Crippen molar-refractivity contribution in [2.75, 3.05) is 23.7 Å². The van der Waals surface area contributed by atoms with Crippen LogP contribution in [0.5, 0.6) is 0 Å². The minimum Gasteiger partial charge on any atom is -0.383 e. The molecule has 2 rings (SSSR count). The van der Waals surface area contributed by atoms with Crippen LogP contribution < -0.4 is 10.6 Å². The molecule has 4 heteroatoms. The van der Waals surface area contributed by atoms with Gasteiger partial charge in [-0.3, -0.25) is 0 Å². The summed E-state index contributed by atoms with van der Waals surface area (Å²) in [6.07, 6.45) is 3.55. The van der Waals surface area contributed by atoms with E-state index in [2.05, 4.69) is 28.7 Å². The fourth-order valence-electron chi connectivity index (χ4n) is 2.01. The van der Waals surface area contributed by atoms with Gasteiger partial charge in [0.1, 0.15) is 17.5 Å². The molecule has 17 heavy (non-hydrogen) atoms. The van der Waals surface area contributed by atoms with Gasteiger partial charge in [0.2, 0.25) is 0 Å². The topological polar surface area (TPSA) is 55.0 Å². The Labute approximate surface area is 103 Å². The average molecular weight is 234 g/mol. The maximum Gasteiger partial charge on any atom is 0.137 e. The quantitative estimate of drug-likeness (QED) is 0.848. The number of hydrogen-bond donors (Lipinski definition) is 1. The van der Waals surface area contributed by atoms with Crippen molar-refractivity contribution in [1.29, 1.82) is 0 Å². The number of aromatic nitrogens is 2. The lowest BCUT2D eigenvalue weighted by atomic mass is 10.2. The van der Waals surface area contributed by atoms with Crippen molar-refractivity contribution in [2.24, 2.45) is 5.92 Å². The smallest absolute Gasteiger partial charge is 0.137 e. The maximum absolute atomic E-state index is 5.96. The van der Waals surface area contributed by atoms with Gasteiger partial charge in [0.05, 0.1) is 0 Å². The van der Waals surface area contributed by atoms with Crippen LogP contribution >= 0.6 is 0 Å². The van der Waals surface area contributed by atoms with Crippen LogP contribution in [0.3, 0.4) is 0 Å². The Morgan fingerprint density at radius 2 is 2.00 bits per heavy atom.